The maximum Gasteiger partial charge on any atom is 0.490 e. The lowest BCUT2D eigenvalue weighted by Crippen LogP contribution is -2.37. The lowest BCUT2D eigenvalue weighted by atomic mass is 9.99. The summed E-state index contributed by atoms with van der Waals surface area (Å²) in [5.41, 5.74) is 6.78. The van der Waals surface area contributed by atoms with Crippen molar-refractivity contribution in [1.82, 2.24) is 19.5 Å². The van der Waals surface area contributed by atoms with Crippen molar-refractivity contribution >= 4 is 46.2 Å². The molecule has 1 aliphatic heterocycles. The lowest BCUT2D eigenvalue weighted by molar-refractivity contribution is -0.0754. The number of carbonyl (C=O) groups is 1. The Hall–Kier alpha value is -3.25. The number of rotatable bonds is 13. The zero-order chi connectivity index (χ0) is 33.3. The molecule has 246 valence electrons. The molecule has 22 heteroatoms. The van der Waals surface area contributed by atoms with Gasteiger partial charge in [-0.25, -0.2) is 28.6 Å². The fraction of sp³-hybridized carbons (Fsp3) is 0.250. The average Bonchev–Trinajstić information content (AvgIpc) is 3.53. The number of hydrogen-bond donors (Lipinski definition) is 6. The maximum absolute atomic E-state index is 13.5. The number of aromatic nitrogens is 4. The molecule has 3 unspecified atom stereocenters. The minimum absolute atomic E-state index is 0.00828. The standard InChI is InChI=1S/C24H26N5O14P3/c25-22-17-23(27-12-26-22)29(13-28-17)24-19(31)21(41-45(35,36)43-46(37,38)42-44(32,33)34)16(40-24)11-39-20(15-9-5-2-6-10-15)18(30)14-7-3-1-4-8-14/h1-10,12-13,16,19-21,24,31H,11H2,(H,35,36)(H,37,38)(H2,25,26,27)(H2,32,33,34)/t16-,19-,20?,21-,24-/m1/s1. The van der Waals surface area contributed by atoms with E-state index >= 15 is 0 Å². The van der Waals surface area contributed by atoms with Crippen LogP contribution in [0.1, 0.15) is 28.3 Å². The molecule has 3 heterocycles. The highest BCUT2D eigenvalue weighted by molar-refractivity contribution is 7.66. The number of imidazole rings is 1. The fourth-order valence-electron chi connectivity index (χ4n) is 4.62. The minimum Gasteiger partial charge on any atom is -0.386 e. The van der Waals surface area contributed by atoms with Gasteiger partial charge in [0.1, 0.15) is 36.3 Å². The molecule has 0 radical (unpaired) electrons. The quantitative estimate of drug-likeness (QED) is 0.0858. The number of aliphatic hydroxyl groups is 1. The van der Waals surface area contributed by atoms with E-state index in [0.29, 0.717) is 11.1 Å². The van der Waals surface area contributed by atoms with Crippen molar-refractivity contribution < 1.29 is 65.8 Å². The van der Waals surface area contributed by atoms with Crippen LogP contribution in [0.15, 0.2) is 73.3 Å². The largest absolute Gasteiger partial charge is 0.490 e. The van der Waals surface area contributed by atoms with E-state index in [2.05, 4.69) is 23.6 Å². The van der Waals surface area contributed by atoms with Gasteiger partial charge in [0.2, 0.25) is 0 Å². The first kappa shape index (κ1) is 34.1. The van der Waals surface area contributed by atoms with Crippen molar-refractivity contribution in [3.63, 3.8) is 0 Å². The number of fused-ring (bicyclic) bond motifs is 1. The number of nitrogens with zero attached hydrogens (tertiary/aromatic N) is 4. The van der Waals surface area contributed by atoms with E-state index in [1.54, 1.807) is 60.7 Å². The molecule has 0 bridgehead atoms. The SMILES string of the molecule is Nc1ncnc2c1ncn2[C@@H]1O[C@H](COC(C(=O)c2ccccc2)c2ccccc2)[C@@H](OP(=O)(O)OP(=O)(O)OP(=O)(O)O)[C@H]1O. The van der Waals surface area contributed by atoms with Crippen LogP contribution in [0, 0.1) is 0 Å². The summed E-state index contributed by atoms with van der Waals surface area (Å²) in [6.45, 7) is -0.587. The first-order chi connectivity index (χ1) is 21.6. The number of aliphatic hydroxyl groups excluding tert-OH is 1. The van der Waals surface area contributed by atoms with Gasteiger partial charge in [0.05, 0.1) is 12.9 Å². The van der Waals surface area contributed by atoms with Crippen LogP contribution >= 0.6 is 23.5 Å². The Morgan fingerprint density at radius 2 is 1.59 bits per heavy atom. The third kappa shape index (κ3) is 7.99. The number of nitrogens with two attached hydrogens (primary N) is 1. The molecule has 46 heavy (non-hydrogen) atoms. The van der Waals surface area contributed by atoms with Crippen molar-refractivity contribution in [2.24, 2.45) is 0 Å². The summed E-state index contributed by atoms with van der Waals surface area (Å²) in [6.07, 6.45) is -5.71. The molecule has 0 saturated carbocycles. The molecule has 1 fully saturated rings. The summed E-state index contributed by atoms with van der Waals surface area (Å²) in [4.78, 5) is 63.1. The Labute approximate surface area is 259 Å². The number of nitrogen functional groups attached to an aromatic ring is 1. The van der Waals surface area contributed by atoms with Crippen molar-refractivity contribution in [2.45, 2.75) is 30.6 Å². The van der Waals surface area contributed by atoms with E-state index in [-0.39, 0.29) is 17.0 Å². The molecule has 2 aromatic carbocycles. The molecule has 0 amide bonds. The lowest BCUT2D eigenvalue weighted by Gasteiger charge is -2.25. The van der Waals surface area contributed by atoms with Crippen LogP contribution in [0.2, 0.25) is 0 Å². The van der Waals surface area contributed by atoms with Crippen molar-refractivity contribution in [2.75, 3.05) is 12.3 Å². The van der Waals surface area contributed by atoms with Crippen molar-refractivity contribution in [1.29, 1.82) is 0 Å². The Kier molecular flexibility index (Phi) is 9.98. The Morgan fingerprint density at radius 1 is 0.935 bits per heavy atom. The van der Waals surface area contributed by atoms with Crippen LogP contribution in [-0.2, 0) is 36.3 Å². The number of benzene rings is 2. The van der Waals surface area contributed by atoms with Gasteiger partial charge in [-0.1, -0.05) is 60.7 Å². The van der Waals surface area contributed by atoms with Crippen LogP contribution in [0.5, 0.6) is 0 Å². The second-order valence-electron chi connectivity index (χ2n) is 9.65. The van der Waals surface area contributed by atoms with Gasteiger partial charge < -0.3 is 39.9 Å². The van der Waals surface area contributed by atoms with Gasteiger partial charge in [-0.2, -0.15) is 8.62 Å². The zero-order valence-corrected chi connectivity index (χ0v) is 25.8. The smallest absolute Gasteiger partial charge is 0.386 e. The van der Waals surface area contributed by atoms with Gasteiger partial charge in [-0.3, -0.25) is 13.9 Å². The van der Waals surface area contributed by atoms with Crippen LogP contribution in [0.3, 0.4) is 0 Å². The van der Waals surface area contributed by atoms with E-state index in [1.807, 2.05) is 0 Å². The van der Waals surface area contributed by atoms with Crippen LogP contribution < -0.4 is 5.73 Å². The third-order valence-electron chi connectivity index (χ3n) is 6.47. The maximum atomic E-state index is 13.5. The first-order valence-electron chi connectivity index (χ1n) is 13.0. The molecule has 0 aliphatic carbocycles. The number of phosphoric acid groups is 3. The second-order valence-corrected chi connectivity index (χ2v) is 14.0. The first-order valence-corrected chi connectivity index (χ1v) is 17.5. The van der Waals surface area contributed by atoms with Gasteiger partial charge in [0.15, 0.2) is 23.5 Å². The Bertz CT molecular complexity index is 1840. The summed E-state index contributed by atoms with van der Waals surface area (Å²) in [5, 5.41) is 11.3. The highest BCUT2D eigenvalue weighted by Crippen LogP contribution is 2.67. The molecule has 19 nitrogen and oxygen atoms in total. The molecule has 5 rings (SSSR count). The van der Waals surface area contributed by atoms with E-state index in [9.17, 15) is 33.4 Å². The summed E-state index contributed by atoms with van der Waals surface area (Å²) >= 11 is 0. The molecule has 0 spiro atoms. The summed E-state index contributed by atoms with van der Waals surface area (Å²) in [5.74, 6) is -0.467. The molecule has 1 aliphatic rings. The van der Waals surface area contributed by atoms with Crippen molar-refractivity contribution in [3.05, 3.63) is 84.4 Å². The Morgan fingerprint density at radius 3 is 2.24 bits per heavy atom. The summed E-state index contributed by atoms with van der Waals surface area (Å²) < 4.78 is 61.6. The van der Waals surface area contributed by atoms with Gasteiger partial charge >= 0.3 is 23.5 Å². The van der Waals surface area contributed by atoms with E-state index in [0.717, 1.165) is 6.33 Å². The van der Waals surface area contributed by atoms with Crippen molar-refractivity contribution in [3.8, 4) is 0 Å². The molecular weight excluding hydrogens is 675 g/mol. The number of anilines is 1. The fourth-order valence-corrected chi connectivity index (χ4v) is 7.85. The van der Waals surface area contributed by atoms with Crippen LogP contribution in [-0.4, -0.2) is 74.9 Å². The summed E-state index contributed by atoms with van der Waals surface area (Å²) in [6, 6.07) is 16.5. The summed E-state index contributed by atoms with van der Waals surface area (Å²) in [7, 11) is -17.3. The van der Waals surface area contributed by atoms with E-state index < -0.39 is 66.5 Å². The molecule has 2 aromatic heterocycles. The van der Waals surface area contributed by atoms with Gasteiger partial charge in [-0.15, -0.1) is 0 Å². The molecule has 4 aromatic rings. The molecule has 1 saturated heterocycles. The Balaban J connectivity index is 1.46. The molecule has 7 N–H and O–H groups in total. The molecular formula is C24H26N5O14P3. The number of phosphoric ester groups is 1. The number of hydrogen-bond acceptors (Lipinski definition) is 14. The van der Waals surface area contributed by atoms with Gasteiger partial charge in [0, 0.05) is 5.56 Å². The van der Waals surface area contributed by atoms with Gasteiger partial charge in [-0.05, 0) is 5.56 Å². The number of ketones is 1. The molecule has 7 atom stereocenters. The average molecular weight is 701 g/mol. The highest BCUT2D eigenvalue weighted by atomic mass is 31.3. The highest BCUT2D eigenvalue weighted by Gasteiger charge is 2.51. The van der Waals surface area contributed by atoms with E-state index in [1.165, 1.54) is 10.9 Å². The number of ether oxygens (including phenoxy) is 2. The van der Waals surface area contributed by atoms with Gasteiger partial charge in [0.25, 0.3) is 0 Å². The van der Waals surface area contributed by atoms with Crippen LogP contribution in [0.4, 0.5) is 5.82 Å². The van der Waals surface area contributed by atoms with E-state index in [4.69, 9.17) is 29.5 Å². The number of carbonyl (C=O) groups excluding carboxylic acids is 1. The zero-order valence-electron chi connectivity index (χ0n) is 23.1. The number of Topliss-reactive ketones (excluding diaryl/α,β-unsaturated/α-hetero) is 1. The third-order valence-corrected chi connectivity index (χ3v) is 10.3. The minimum atomic E-state index is -5.90. The monoisotopic (exact) mass is 701 g/mol. The normalized spacial score (nSPS) is 23.5. The topological polar surface area (TPSA) is 285 Å². The predicted molar refractivity (Wildman–Crippen MR) is 154 cm³/mol. The predicted octanol–water partition coefficient (Wildman–Crippen LogP) is 2.02. The van der Waals surface area contributed by atoms with Crippen LogP contribution in [0.25, 0.3) is 11.2 Å². The second kappa shape index (κ2) is 13.5.